The number of aryl methyl sites for hydroxylation is 1. The zero-order valence-electron chi connectivity index (χ0n) is 16.4. The van der Waals surface area contributed by atoms with E-state index in [0.29, 0.717) is 24.5 Å². The second kappa shape index (κ2) is 8.55. The SMILES string of the molecule is COc1ccc(C)cc1NC(=O)[C@H](c1ccccc1)N1C[C@@H](C)O[C@@H](C)C1. The third-order valence-corrected chi connectivity index (χ3v) is 4.79. The van der Waals surface area contributed by atoms with Gasteiger partial charge in [0.15, 0.2) is 0 Å². The van der Waals surface area contributed by atoms with Gasteiger partial charge in [-0.3, -0.25) is 9.69 Å². The topological polar surface area (TPSA) is 50.8 Å². The van der Waals surface area contributed by atoms with Gasteiger partial charge in [0, 0.05) is 13.1 Å². The lowest BCUT2D eigenvalue weighted by atomic mass is 10.0. The van der Waals surface area contributed by atoms with Gasteiger partial charge in [0.05, 0.1) is 25.0 Å². The number of carbonyl (C=O) groups excluding carboxylic acids is 1. The van der Waals surface area contributed by atoms with Crippen molar-refractivity contribution in [3.63, 3.8) is 0 Å². The third kappa shape index (κ3) is 4.67. The van der Waals surface area contributed by atoms with E-state index in [-0.39, 0.29) is 24.2 Å². The van der Waals surface area contributed by atoms with Crippen LogP contribution in [0.3, 0.4) is 0 Å². The highest BCUT2D eigenvalue weighted by molar-refractivity contribution is 5.96. The highest BCUT2D eigenvalue weighted by Gasteiger charge is 2.33. The summed E-state index contributed by atoms with van der Waals surface area (Å²) in [5.74, 6) is 0.593. The molecule has 144 valence electrons. The summed E-state index contributed by atoms with van der Waals surface area (Å²) >= 11 is 0. The van der Waals surface area contributed by atoms with Gasteiger partial charge in [0.1, 0.15) is 11.8 Å². The van der Waals surface area contributed by atoms with Gasteiger partial charge in [-0.25, -0.2) is 0 Å². The Morgan fingerprint density at radius 3 is 2.44 bits per heavy atom. The molecule has 0 bridgehead atoms. The number of amides is 1. The van der Waals surface area contributed by atoms with E-state index in [9.17, 15) is 4.79 Å². The molecule has 1 aliphatic heterocycles. The molecule has 0 unspecified atom stereocenters. The van der Waals surface area contributed by atoms with E-state index in [2.05, 4.69) is 10.2 Å². The van der Waals surface area contributed by atoms with E-state index in [1.165, 1.54) is 0 Å². The van der Waals surface area contributed by atoms with E-state index in [1.807, 2.05) is 69.3 Å². The van der Waals surface area contributed by atoms with Crippen LogP contribution in [0.25, 0.3) is 0 Å². The summed E-state index contributed by atoms with van der Waals surface area (Å²) < 4.78 is 11.3. The van der Waals surface area contributed by atoms with Crippen LogP contribution < -0.4 is 10.1 Å². The molecule has 1 aliphatic rings. The summed E-state index contributed by atoms with van der Waals surface area (Å²) in [7, 11) is 1.61. The van der Waals surface area contributed by atoms with Crippen molar-refractivity contribution in [3.8, 4) is 5.75 Å². The molecule has 0 radical (unpaired) electrons. The van der Waals surface area contributed by atoms with Crippen LogP contribution in [-0.4, -0.2) is 43.2 Å². The maximum atomic E-state index is 13.4. The minimum Gasteiger partial charge on any atom is -0.495 e. The summed E-state index contributed by atoms with van der Waals surface area (Å²) in [6.45, 7) is 7.51. The Morgan fingerprint density at radius 2 is 1.81 bits per heavy atom. The summed E-state index contributed by atoms with van der Waals surface area (Å²) in [6.07, 6.45) is 0.169. The predicted octanol–water partition coefficient (Wildman–Crippen LogP) is 3.79. The first-order valence-corrected chi connectivity index (χ1v) is 9.38. The molecule has 0 spiro atoms. The number of methoxy groups -OCH3 is 1. The molecular formula is C22H28N2O3. The monoisotopic (exact) mass is 368 g/mol. The van der Waals surface area contributed by atoms with Crippen LogP contribution in [0.2, 0.25) is 0 Å². The molecule has 1 amide bonds. The number of hydrogen-bond acceptors (Lipinski definition) is 4. The number of benzene rings is 2. The minimum atomic E-state index is -0.384. The summed E-state index contributed by atoms with van der Waals surface area (Å²) in [5, 5.41) is 3.08. The molecule has 0 saturated carbocycles. The van der Waals surface area contributed by atoms with Gasteiger partial charge in [0.25, 0.3) is 0 Å². The van der Waals surface area contributed by atoms with Crippen LogP contribution in [0.15, 0.2) is 48.5 Å². The van der Waals surface area contributed by atoms with Crippen LogP contribution in [-0.2, 0) is 9.53 Å². The number of morpholine rings is 1. The van der Waals surface area contributed by atoms with Crippen LogP contribution >= 0.6 is 0 Å². The molecule has 2 aromatic rings. The van der Waals surface area contributed by atoms with Crippen molar-refractivity contribution in [2.45, 2.75) is 39.0 Å². The lowest BCUT2D eigenvalue weighted by Crippen LogP contribution is -2.49. The van der Waals surface area contributed by atoms with Gasteiger partial charge in [0.2, 0.25) is 5.91 Å². The Morgan fingerprint density at radius 1 is 1.15 bits per heavy atom. The zero-order chi connectivity index (χ0) is 19.4. The third-order valence-electron chi connectivity index (χ3n) is 4.79. The zero-order valence-corrected chi connectivity index (χ0v) is 16.4. The first-order chi connectivity index (χ1) is 13.0. The second-order valence-corrected chi connectivity index (χ2v) is 7.22. The van der Waals surface area contributed by atoms with Gasteiger partial charge in [-0.15, -0.1) is 0 Å². The van der Waals surface area contributed by atoms with Crippen molar-refractivity contribution in [2.24, 2.45) is 0 Å². The molecule has 0 aliphatic carbocycles. The lowest BCUT2D eigenvalue weighted by molar-refractivity contribution is -0.128. The summed E-state index contributed by atoms with van der Waals surface area (Å²) in [6, 6.07) is 15.3. The maximum absolute atomic E-state index is 13.4. The largest absolute Gasteiger partial charge is 0.495 e. The van der Waals surface area contributed by atoms with Crippen LogP contribution in [0.5, 0.6) is 5.75 Å². The molecule has 1 saturated heterocycles. The molecule has 0 aromatic heterocycles. The van der Waals surface area contributed by atoms with Crippen LogP contribution in [0.1, 0.15) is 31.0 Å². The minimum absolute atomic E-state index is 0.0635. The quantitative estimate of drug-likeness (QED) is 0.872. The van der Waals surface area contributed by atoms with E-state index < -0.39 is 0 Å². The molecule has 3 rings (SSSR count). The predicted molar refractivity (Wildman–Crippen MR) is 107 cm³/mol. The Hall–Kier alpha value is -2.37. The number of carbonyl (C=O) groups is 1. The molecular weight excluding hydrogens is 340 g/mol. The molecule has 5 heteroatoms. The molecule has 1 heterocycles. The number of anilines is 1. The highest BCUT2D eigenvalue weighted by Crippen LogP contribution is 2.30. The van der Waals surface area contributed by atoms with Crippen molar-refractivity contribution in [2.75, 3.05) is 25.5 Å². The Bertz CT molecular complexity index is 768. The van der Waals surface area contributed by atoms with Gasteiger partial charge in [-0.05, 0) is 44.0 Å². The Labute approximate surface area is 161 Å². The molecule has 5 nitrogen and oxygen atoms in total. The number of rotatable bonds is 5. The normalized spacial score (nSPS) is 21.5. The standard InChI is InChI=1S/C22H28N2O3/c1-15-10-11-20(26-4)19(12-15)23-22(25)21(18-8-6-5-7-9-18)24-13-16(2)27-17(3)14-24/h5-12,16-17,21H,13-14H2,1-4H3,(H,23,25)/t16-,17+,21-/m0/s1. The van der Waals surface area contributed by atoms with E-state index in [1.54, 1.807) is 7.11 Å². The molecule has 3 atom stereocenters. The van der Waals surface area contributed by atoms with Crippen LogP contribution in [0.4, 0.5) is 5.69 Å². The van der Waals surface area contributed by atoms with E-state index >= 15 is 0 Å². The maximum Gasteiger partial charge on any atom is 0.246 e. The van der Waals surface area contributed by atoms with Crippen molar-refractivity contribution in [3.05, 3.63) is 59.7 Å². The molecule has 1 N–H and O–H groups in total. The van der Waals surface area contributed by atoms with E-state index in [0.717, 1.165) is 11.1 Å². The number of ether oxygens (including phenoxy) is 2. The fraction of sp³-hybridized carbons (Fsp3) is 0.409. The highest BCUT2D eigenvalue weighted by atomic mass is 16.5. The average molecular weight is 368 g/mol. The Balaban J connectivity index is 1.91. The first-order valence-electron chi connectivity index (χ1n) is 9.38. The van der Waals surface area contributed by atoms with Gasteiger partial charge < -0.3 is 14.8 Å². The Kier molecular flexibility index (Phi) is 6.14. The van der Waals surface area contributed by atoms with Gasteiger partial charge in [-0.2, -0.15) is 0 Å². The van der Waals surface area contributed by atoms with Crippen molar-refractivity contribution in [1.82, 2.24) is 4.90 Å². The van der Waals surface area contributed by atoms with Crippen molar-refractivity contribution >= 4 is 11.6 Å². The summed E-state index contributed by atoms with van der Waals surface area (Å²) in [5.41, 5.74) is 2.73. The average Bonchev–Trinajstić information content (AvgIpc) is 2.62. The van der Waals surface area contributed by atoms with Gasteiger partial charge >= 0.3 is 0 Å². The fourth-order valence-corrected chi connectivity index (χ4v) is 3.71. The van der Waals surface area contributed by atoms with E-state index in [4.69, 9.17) is 9.47 Å². The van der Waals surface area contributed by atoms with Crippen LogP contribution in [0, 0.1) is 6.92 Å². The number of nitrogens with one attached hydrogen (secondary N) is 1. The fourth-order valence-electron chi connectivity index (χ4n) is 3.71. The number of hydrogen-bond donors (Lipinski definition) is 1. The van der Waals surface area contributed by atoms with Crippen molar-refractivity contribution in [1.29, 1.82) is 0 Å². The molecule has 1 fully saturated rings. The number of nitrogens with zero attached hydrogens (tertiary/aromatic N) is 1. The molecule has 27 heavy (non-hydrogen) atoms. The smallest absolute Gasteiger partial charge is 0.246 e. The summed E-state index contributed by atoms with van der Waals surface area (Å²) in [4.78, 5) is 15.6. The lowest BCUT2D eigenvalue weighted by Gasteiger charge is -2.39. The molecule has 2 aromatic carbocycles. The second-order valence-electron chi connectivity index (χ2n) is 7.22. The first kappa shape index (κ1) is 19.4. The van der Waals surface area contributed by atoms with Crippen molar-refractivity contribution < 1.29 is 14.3 Å². The van der Waals surface area contributed by atoms with Gasteiger partial charge in [-0.1, -0.05) is 36.4 Å².